The molecule has 0 saturated heterocycles. The van der Waals surface area contributed by atoms with Crippen LogP contribution in [0.15, 0.2) is 160 Å². The Morgan fingerprint density at radius 1 is 0.422 bits per heavy atom. The molecule has 0 aliphatic carbocycles. The molecule has 0 fully saturated rings. The third-order valence-electron chi connectivity index (χ3n) is 9.88. The number of hydrogen-bond donors (Lipinski definition) is 1. The minimum atomic E-state index is -5.26. The highest BCUT2D eigenvalue weighted by Gasteiger charge is 2.42. The van der Waals surface area contributed by atoms with Gasteiger partial charge in [-0.1, -0.05) is 0 Å². The molecule has 83 heavy (non-hydrogen) atoms. The molecule has 0 bridgehead atoms. The van der Waals surface area contributed by atoms with Crippen molar-refractivity contribution in [1.29, 1.82) is 0 Å². The van der Waals surface area contributed by atoms with Gasteiger partial charge in [-0.2, -0.15) is 79.0 Å². The first kappa shape index (κ1) is 70.5. The maximum Gasteiger partial charge on any atom is 0.416 e. The number of alkyl halides is 19. The summed E-state index contributed by atoms with van der Waals surface area (Å²) in [5.74, 6) is -0.676. The van der Waals surface area contributed by atoms with E-state index in [9.17, 15) is 100 Å². The van der Waals surface area contributed by atoms with Gasteiger partial charge >= 0.3 is 37.1 Å². The summed E-state index contributed by atoms with van der Waals surface area (Å²) in [6, 6.07) is 13.3. The number of rotatable bonds is 10. The molecule has 4 aromatic heterocycles. The molecule has 450 valence electrons. The van der Waals surface area contributed by atoms with Crippen LogP contribution in [-0.2, 0) is 74.8 Å². The first-order valence-corrected chi connectivity index (χ1v) is 28.9. The van der Waals surface area contributed by atoms with E-state index in [-0.39, 0.29) is 65.4 Å². The summed E-state index contributed by atoms with van der Waals surface area (Å²) in [5, 5.41) is 8.55. The summed E-state index contributed by atoms with van der Waals surface area (Å²) in [4.78, 5) is 12.5. The second kappa shape index (κ2) is 28.1. The van der Waals surface area contributed by atoms with Crippen LogP contribution in [0.4, 0.5) is 83.4 Å². The van der Waals surface area contributed by atoms with Gasteiger partial charge in [0.25, 0.3) is 0 Å². The SMILES string of the molecule is FC(F)(F)c1cc(SCc2ccc(Br)cn2)cc(C(F)(F)F)c1.O=S(=O)(Cc1ccc(Br)cn1)c1cc(C(F)(F)F)cc(C(F)(F)F)c1.O=S(=O)(c1cc(C(F)(F)F)cc(C(F)(F)F)c1)C(F)c1ccc(Br)cn1.OCc1ccc(Br)cn1. The van der Waals surface area contributed by atoms with Crippen LogP contribution in [-0.4, -0.2) is 41.9 Å². The Balaban J connectivity index is 0.000000248. The number of benzene rings is 3. The van der Waals surface area contributed by atoms with Crippen LogP contribution >= 0.6 is 75.5 Å². The van der Waals surface area contributed by atoms with Gasteiger partial charge in [-0.15, -0.1) is 11.8 Å². The molecule has 7 aromatic rings. The third-order valence-corrected chi connectivity index (χ3v) is 16.1. The maximum absolute atomic E-state index is 14.4. The molecule has 0 radical (unpaired) electrons. The monoisotopic (exact) mass is 1510 g/mol. The Bertz CT molecular complexity index is 3440. The molecule has 1 unspecified atom stereocenters. The van der Waals surface area contributed by atoms with Gasteiger partial charge in [0, 0.05) is 53.3 Å². The van der Waals surface area contributed by atoms with Gasteiger partial charge in [-0.3, -0.25) is 19.9 Å². The minimum Gasteiger partial charge on any atom is -0.390 e. The van der Waals surface area contributed by atoms with Crippen LogP contribution in [0.2, 0.25) is 0 Å². The Labute approximate surface area is 494 Å². The van der Waals surface area contributed by atoms with E-state index in [0.29, 0.717) is 32.5 Å². The third kappa shape index (κ3) is 21.8. The van der Waals surface area contributed by atoms with E-state index in [1.165, 1.54) is 30.6 Å². The predicted octanol–water partition coefficient (Wildman–Crippen LogP) is 17.7. The molecule has 0 aliphatic heterocycles. The lowest BCUT2D eigenvalue weighted by molar-refractivity contribution is -0.145. The standard InChI is InChI=1S/C14H7BrF7NO2S.C14H8BrF6NO2S.C14H8BrF6NS.C6H6BrNO/c15-9-1-2-11(23-6-9)12(16)26(24,25)10-4-7(13(17,18)19)3-8(5-10)14(20,21)22;15-10-1-2-11(22-6-10)7-25(23,24)12-4-8(13(16,17)18)3-9(5-12)14(19,20)21;15-10-1-2-11(22-6-10)7-23-12-4-8(13(16,17)18)3-9(5-12)14(19,20)21;7-5-1-2-6(4-9)8-3-5/h1-6,12H;1-6H,7H2;1-6H,7H2;1-3,9H,4H2. The van der Waals surface area contributed by atoms with Crippen molar-refractivity contribution in [1.82, 2.24) is 19.9 Å². The topological polar surface area (TPSA) is 140 Å². The average Bonchev–Trinajstić information content (AvgIpc) is 3.42. The van der Waals surface area contributed by atoms with Crippen molar-refractivity contribution in [2.75, 3.05) is 0 Å². The number of aliphatic hydroxyl groups excluding tert-OH is 1. The zero-order valence-corrected chi connectivity index (χ0v) is 48.9. The summed E-state index contributed by atoms with van der Waals surface area (Å²) < 4.78 is 296. The van der Waals surface area contributed by atoms with Gasteiger partial charge in [0.2, 0.25) is 15.3 Å². The molecule has 0 saturated carbocycles. The molecule has 9 nitrogen and oxygen atoms in total. The van der Waals surface area contributed by atoms with Gasteiger partial charge in [0.1, 0.15) is 0 Å². The highest BCUT2D eigenvalue weighted by atomic mass is 79.9. The van der Waals surface area contributed by atoms with Gasteiger partial charge in [0.05, 0.1) is 78.3 Å². The molecule has 0 spiro atoms. The number of pyridine rings is 4. The molecule has 0 amide bonds. The minimum absolute atomic E-state index is 0.00722. The van der Waals surface area contributed by atoms with E-state index in [4.69, 9.17) is 5.11 Å². The van der Waals surface area contributed by atoms with E-state index in [1.807, 2.05) is 6.07 Å². The van der Waals surface area contributed by atoms with Crippen LogP contribution in [0.1, 0.15) is 61.7 Å². The van der Waals surface area contributed by atoms with E-state index >= 15 is 0 Å². The molecular weight excluding hydrogens is 1490 g/mol. The lowest BCUT2D eigenvalue weighted by Crippen LogP contribution is -2.16. The second-order valence-corrected chi connectivity index (χ2v) is 24.8. The van der Waals surface area contributed by atoms with Crippen LogP contribution in [0.25, 0.3) is 0 Å². The van der Waals surface area contributed by atoms with Crippen LogP contribution < -0.4 is 0 Å². The number of sulfone groups is 2. The Morgan fingerprint density at radius 2 is 0.735 bits per heavy atom. The fraction of sp³-hybridized carbons (Fsp3) is 0.208. The summed E-state index contributed by atoms with van der Waals surface area (Å²) in [7, 11) is -9.68. The number of nitrogens with zero attached hydrogens (tertiary/aromatic N) is 4. The lowest BCUT2D eigenvalue weighted by atomic mass is 10.1. The van der Waals surface area contributed by atoms with Crippen molar-refractivity contribution in [3.05, 3.63) is 202 Å². The van der Waals surface area contributed by atoms with Gasteiger partial charge < -0.3 is 5.11 Å². The second-order valence-electron chi connectivity index (χ2n) is 16.1. The van der Waals surface area contributed by atoms with Crippen LogP contribution in [0.5, 0.6) is 0 Å². The number of aromatic nitrogens is 4. The fourth-order valence-electron chi connectivity index (χ4n) is 5.93. The number of halogens is 23. The zero-order chi connectivity index (χ0) is 62.9. The van der Waals surface area contributed by atoms with Crippen molar-refractivity contribution >= 4 is 95.2 Å². The first-order chi connectivity index (χ1) is 37.9. The molecule has 1 atom stereocenters. The number of aliphatic hydroxyl groups is 1. The van der Waals surface area contributed by atoms with Gasteiger partial charge in [-0.05, 0) is 167 Å². The molecule has 0 aliphatic rings. The van der Waals surface area contributed by atoms with Crippen molar-refractivity contribution in [2.45, 2.75) is 75.4 Å². The molecule has 3 aromatic carbocycles. The van der Waals surface area contributed by atoms with E-state index in [1.54, 1.807) is 24.4 Å². The molecule has 35 heteroatoms. The zero-order valence-electron chi connectivity index (χ0n) is 40.1. The van der Waals surface area contributed by atoms with Crippen LogP contribution in [0.3, 0.4) is 0 Å². The normalized spacial score (nSPS) is 12.9. The van der Waals surface area contributed by atoms with E-state index in [0.717, 1.165) is 33.0 Å². The van der Waals surface area contributed by atoms with Crippen molar-refractivity contribution in [3.8, 4) is 0 Å². The summed E-state index contributed by atoms with van der Waals surface area (Å²) >= 11 is 13.3. The maximum atomic E-state index is 14.4. The predicted molar refractivity (Wildman–Crippen MR) is 274 cm³/mol. The molecule has 4 heterocycles. The average molecular weight is 1520 g/mol. The van der Waals surface area contributed by atoms with Crippen molar-refractivity contribution in [3.63, 3.8) is 0 Å². The van der Waals surface area contributed by atoms with Crippen molar-refractivity contribution in [2.24, 2.45) is 0 Å². The quantitative estimate of drug-likeness (QED) is 0.104. The van der Waals surface area contributed by atoms with E-state index in [2.05, 4.69) is 83.7 Å². The summed E-state index contributed by atoms with van der Waals surface area (Å²) in [6.45, 7) is 0.00722. The Kier molecular flexibility index (Phi) is 23.8. The largest absolute Gasteiger partial charge is 0.416 e. The smallest absolute Gasteiger partial charge is 0.390 e. The highest BCUT2D eigenvalue weighted by molar-refractivity contribution is 9.11. The lowest BCUT2D eigenvalue weighted by Gasteiger charge is -2.15. The number of thioether (sulfide) groups is 1. The van der Waals surface area contributed by atoms with Gasteiger partial charge in [0.15, 0.2) is 9.84 Å². The van der Waals surface area contributed by atoms with Crippen LogP contribution in [0, 0.1) is 0 Å². The Morgan fingerprint density at radius 3 is 1.05 bits per heavy atom. The highest BCUT2D eigenvalue weighted by Crippen LogP contribution is 2.42. The Hall–Kier alpha value is -4.94. The fourth-order valence-corrected chi connectivity index (χ4v) is 10.4. The molecule has 7 rings (SSSR count). The van der Waals surface area contributed by atoms with E-state index < -0.39 is 117 Å². The first-order valence-electron chi connectivity index (χ1n) is 21.6. The summed E-state index contributed by atoms with van der Waals surface area (Å²) in [6.07, 6.45) is -25.0. The number of hydrogen-bond acceptors (Lipinski definition) is 10. The summed E-state index contributed by atoms with van der Waals surface area (Å²) in [5.41, 5.74) is -12.1. The molecular formula is C48H29Br4F19N4O5S3. The van der Waals surface area contributed by atoms with Crippen molar-refractivity contribution < 1.29 is 105 Å². The van der Waals surface area contributed by atoms with Gasteiger partial charge in [-0.25, -0.2) is 21.2 Å². The molecule has 1 N–H and O–H groups in total.